The smallest absolute Gasteiger partial charge is 0.270 e. The van der Waals surface area contributed by atoms with Gasteiger partial charge in [-0.1, -0.05) is 6.07 Å². The van der Waals surface area contributed by atoms with Crippen LogP contribution in [0.1, 0.15) is 29.5 Å². The van der Waals surface area contributed by atoms with Crippen LogP contribution in [0.5, 0.6) is 0 Å². The summed E-state index contributed by atoms with van der Waals surface area (Å²) >= 11 is 0. The van der Waals surface area contributed by atoms with E-state index in [0.717, 1.165) is 11.4 Å². The molecule has 2 aromatic heterocycles. The van der Waals surface area contributed by atoms with Gasteiger partial charge in [-0.3, -0.25) is 9.78 Å². The molecule has 0 saturated carbocycles. The number of hydrogen-bond acceptors (Lipinski definition) is 6. The molecule has 0 radical (unpaired) electrons. The summed E-state index contributed by atoms with van der Waals surface area (Å²) in [5.74, 6) is 0.136. The first-order valence-corrected chi connectivity index (χ1v) is 10.4. The van der Waals surface area contributed by atoms with Crippen LogP contribution in [0.15, 0.2) is 42.7 Å². The van der Waals surface area contributed by atoms with Gasteiger partial charge in [0.15, 0.2) is 9.84 Å². The van der Waals surface area contributed by atoms with Crippen LogP contribution in [0.3, 0.4) is 0 Å². The maximum absolute atomic E-state index is 12.2. The predicted molar refractivity (Wildman–Crippen MR) is 99.7 cm³/mol. The predicted octanol–water partition coefficient (Wildman–Crippen LogP) is 1.42. The second-order valence-corrected chi connectivity index (χ2v) is 8.48. The van der Waals surface area contributed by atoms with E-state index in [2.05, 4.69) is 15.3 Å². The fourth-order valence-corrected chi connectivity index (χ4v) is 4.86. The molecule has 2 aromatic rings. The molecule has 0 aromatic carbocycles. The number of rotatable bonds is 6. The molecular formula is C18H22N4O3S. The van der Waals surface area contributed by atoms with Gasteiger partial charge in [0.25, 0.3) is 5.91 Å². The van der Waals surface area contributed by atoms with Crippen LogP contribution < -0.4 is 10.2 Å². The normalized spacial score (nSPS) is 18.4. The highest BCUT2D eigenvalue weighted by molar-refractivity contribution is 7.91. The second-order valence-electron chi connectivity index (χ2n) is 6.25. The number of sulfone groups is 1. The molecule has 1 aliphatic heterocycles. The van der Waals surface area contributed by atoms with Gasteiger partial charge in [0, 0.05) is 18.8 Å². The molecular weight excluding hydrogens is 352 g/mol. The monoisotopic (exact) mass is 374 g/mol. The van der Waals surface area contributed by atoms with E-state index < -0.39 is 9.84 Å². The van der Waals surface area contributed by atoms with Gasteiger partial charge in [0.2, 0.25) is 0 Å². The highest BCUT2D eigenvalue weighted by Crippen LogP contribution is 2.23. The van der Waals surface area contributed by atoms with Crippen molar-refractivity contribution < 1.29 is 13.2 Å². The summed E-state index contributed by atoms with van der Waals surface area (Å²) in [6.07, 6.45) is 3.93. The lowest BCUT2D eigenvalue weighted by molar-refractivity contribution is 0.0945. The van der Waals surface area contributed by atoms with E-state index in [1.807, 2.05) is 36.1 Å². The van der Waals surface area contributed by atoms with Crippen LogP contribution >= 0.6 is 0 Å². The Morgan fingerprint density at radius 3 is 2.69 bits per heavy atom. The topological polar surface area (TPSA) is 92.3 Å². The first-order valence-electron chi connectivity index (χ1n) is 8.60. The fourth-order valence-electron chi connectivity index (χ4n) is 3.13. The molecule has 1 unspecified atom stereocenters. The molecule has 1 saturated heterocycles. The summed E-state index contributed by atoms with van der Waals surface area (Å²) in [6.45, 7) is 3.01. The van der Waals surface area contributed by atoms with Crippen molar-refractivity contribution >= 4 is 21.4 Å². The number of carbonyl (C=O) groups excluding carboxylic acids is 1. The molecule has 0 spiro atoms. The Bertz CT molecular complexity index is 854. The zero-order valence-corrected chi connectivity index (χ0v) is 15.4. The van der Waals surface area contributed by atoms with Gasteiger partial charge >= 0.3 is 0 Å². The Morgan fingerprint density at radius 2 is 2.12 bits per heavy atom. The minimum atomic E-state index is -2.95. The third kappa shape index (κ3) is 4.37. The fraction of sp³-hybridized carbons (Fsp3) is 0.389. The molecule has 3 heterocycles. The van der Waals surface area contributed by atoms with Gasteiger partial charge < -0.3 is 10.2 Å². The van der Waals surface area contributed by atoms with E-state index in [-0.39, 0.29) is 23.5 Å². The summed E-state index contributed by atoms with van der Waals surface area (Å²) in [5.41, 5.74) is 1.92. The molecule has 7 nitrogen and oxygen atoms in total. The third-order valence-electron chi connectivity index (χ3n) is 4.46. The van der Waals surface area contributed by atoms with Gasteiger partial charge in [-0.05, 0) is 37.6 Å². The molecule has 0 bridgehead atoms. The van der Waals surface area contributed by atoms with Crippen LogP contribution in [0.4, 0.5) is 5.69 Å². The van der Waals surface area contributed by atoms with Gasteiger partial charge in [-0.2, -0.15) is 0 Å². The number of carbonyl (C=O) groups is 1. The molecule has 1 aliphatic rings. The number of anilines is 1. The van der Waals surface area contributed by atoms with E-state index in [0.29, 0.717) is 25.2 Å². The highest BCUT2D eigenvalue weighted by atomic mass is 32.2. The average Bonchev–Trinajstić information content (AvgIpc) is 3.01. The summed E-state index contributed by atoms with van der Waals surface area (Å²) in [6, 6.07) is 8.97. The van der Waals surface area contributed by atoms with E-state index in [1.54, 1.807) is 18.5 Å². The Hall–Kier alpha value is -2.48. The summed E-state index contributed by atoms with van der Waals surface area (Å²) in [7, 11) is -2.95. The molecule has 1 amide bonds. The van der Waals surface area contributed by atoms with E-state index in [4.69, 9.17) is 0 Å². The van der Waals surface area contributed by atoms with Crippen LogP contribution in [0.25, 0.3) is 0 Å². The lowest BCUT2D eigenvalue weighted by Gasteiger charge is -2.28. The van der Waals surface area contributed by atoms with Crippen LogP contribution in [-0.2, 0) is 16.4 Å². The molecule has 26 heavy (non-hydrogen) atoms. The third-order valence-corrected chi connectivity index (χ3v) is 6.21. The maximum Gasteiger partial charge on any atom is 0.270 e. The molecule has 1 atom stereocenters. The quantitative estimate of drug-likeness (QED) is 0.822. The van der Waals surface area contributed by atoms with E-state index >= 15 is 0 Å². The first-order chi connectivity index (χ1) is 12.5. The highest BCUT2D eigenvalue weighted by Gasteiger charge is 2.31. The van der Waals surface area contributed by atoms with E-state index in [9.17, 15) is 13.2 Å². The van der Waals surface area contributed by atoms with Crippen LogP contribution in [0.2, 0.25) is 0 Å². The van der Waals surface area contributed by atoms with Gasteiger partial charge in [-0.25, -0.2) is 13.4 Å². The lowest BCUT2D eigenvalue weighted by Crippen LogP contribution is -2.36. The minimum Gasteiger partial charge on any atom is -0.367 e. The maximum atomic E-state index is 12.2. The van der Waals surface area contributed by atoms with E-state index in [1.165, 1.54) is 0 Å². The van der Waals surface area contributed by atoms with Crippen molar-refractivity contribution in [2.45, 2.75) is 25.9 Å². The van der Waals surface area contributed by atoms with Crippen molar-refractivity contribution in [2.24, 2.45) is 0 Å². The molecule has 8 heteroatoms. The lowest BCUT2D eigenvalue weighted by atomic mass is 10.2. The molecule has 138 valence electrons. The number of hydrogen-bond donors (Lipinski definition) is 1. The SMILES string of the molecule is CCN(c1ccc(C(=O)NCc2ccccn2)nc1)C1CCS(=O)(=O)C1. The number of pyridine rings is 2. The number of aromatic nitrogens is 2. The number of nitrogens with one attached hydrogen (secondary N) is 1. The van der Waals surface area contributed by atoms with Crippen molar-refractivity contribution in [3.05, 3.63) is 54.1 Å². The molecule has 1 fully saturated rings. The zero-order valence-electron chi connectivity index (χ0n) is 14.6. The summed E-state index contributed by atoms with van der Waals surface area (Å²) < 4.78 is 23.4. The Kier molecular flexibility index (Phi) is 5.51. The largest absolute Gasteiger partial charge is 0.367 e. The minimum absolute atomic E-state index is 0.0318. The Labute approximate surface area is 153 Å². The Balaban J connectivity index is 1.64. The zero-order chi connectivity index (χ0) is 18.6. The molecule has 0 aliphatic carbocycles. The van der Waals surface area contributed by atoms with Crippen molar-refractivity contribution in [3.8, 4) is 0 Å². The molecule has 1 N–H and O–H groups in total. The number of nitrogens with zero attached hydrogens (tertiary/aromatic N) is 3. The first kappa shape index (κ1) is 18.3. The van der Waals surface area contributed by atoms with Crippen LogP contribution in [-0.4, -0.2) is 48.4 Å². The summed E-state index contributed by atoms with van der Waals surface area (Å²) in [4.78, 5) is 22.7. The summed E-state index contributed by atoms with van der Waals surface area (Å²) in [5, 5.41) is 2.79. The Morgan fingerprint density at radius 1 is 1.27 bits per heavy atom. The van der Waals surface area contributed by atoms with Gasteiger partial charge in [-0.15, -0.1) is 0 Å². The van der Waals surface area contributed by atoms with Crippen molar-refractivity contribution in [2.75, 3.05) is 23.0 Å². The number of amides is 1. The van der Waals surface area contributed by atoms with Crippen molar-refractivity contribution in [1.82, 2.24) is 15.3 Å². The van der Waals surface area contributed by atoms with Gasteiger partial charge in [0.1, 0.15) is 5.69 Å². The van der Waals surface area contributed by atoms with Crippen molar-refractivity contribution in [3.63, 3.8) is 0 Å². The van der Waals surface area contributed by atoms with Crippen LogP contribution in [0, 0.1) is 0 Å². The van der Waals surface area contributed by atoms with Crippen molar-refractivity contribution in [1.29, 1.82) is 0 Å². The van der Waals surface area contributed by atoms with Gasteiger partial charge in [0.05, 0.1) is 35.6 Å². The second kappa shape index (κ2) is 7.82. The standard InChI is InChI=1S/C18H22N4O3S/c1-2-22(16-8-10-26(24,25)13-16)15-6-7-17(20-12-15)18(23)21-11-14-5-3-4-9-19-14/h3-7,9,12,16H,2,8,10-11,13H2,1H3,(H,21,23). The molecule has 3 rings (SSSR count). The average molecular weight is 374 g/mol.